The Morgan fingerprint density at radius 1 is 0.662 bits per heavy atom. The zero-order valence-electron chi connectivity index (χ0n) is 38.9. The maximum atomic E-state index is 13.7. The van der Waals surface area contributed by atoms with E-state index in [1.165, 1.54) is 14.3 Å². The van der Waals surface area contributed by atoms with E-state index in [2.05, 4.69) is 15.5 Å². The zero-order valence-corrected chi connectivity index (χ0v) is 41.3. The monoisotopic (exact) mass is 1010 g/mol. The van der Waals surface area contributed by atoms with Crippen molar-refractivity contribution < 1.29 is 60.1 Å². The first-order valence-electron chi connectivity index (χ1n) is 23.0. The molecule has 2 spiro atoms. The van der Waals surface area contributed by atoms with E-state index in [0.717, 1.165) is 5.56 Å². The van der Waals surface area contributed by atoms with Gasteiger partial charge >= 0.3 is 5.97 Å². The molecule has 0 radical (unpaired) electrons. The average molecular weight is 1010 g/mol. The number of carbonyl (C=O) groups excluding carboxylic acids is 3. The third-order valence-corrected chi connectivity index (χ3v) is 20.6. The van der Waals surface area contributed by atoms with E-state index in [1.807, 2.05) is 12.1 Å². The lowest BCUT2D eigenvalue weighted by atomic mass is 10.0. The van der Waals surface area contributed by atoms with Crippen LogP contribution in [-0.2, 0) is 71.1 Å². The number of ether oxygens (including phenoxy) is 4. The number of carboxylic acids is 1. The first-order valence-corrected chi connectivity index (χ1v) is 26.3. The highest BCUT2D eigenvalue weighted by Crippen LogP contribution is 2.50. The number of aromatic nitrogens is 4. The highest BCUT2D eigenvalue weighted by atomic mass is 35.5. The van der Waals surface area contributed by atoms with Crippen LogP contribution in [0.2, 0.25) is 5.02 Å². The van der Waals surface area contributed by atoms with Crippen LogP contribution in [0.1, 0.15) is 112 Å². The number of nitrogens with zero attached hydrogens (tertiary/aromatic N) is 6. The Morgan fingerprint density at radius 2 is 1.09 bits per heavy atom. The van der Waals surface area contributed by atoms with Crippen molar-refractivity contribution in [3.05, 3.63) is 68.8 Å². The van der Waals surface area contributed by atoms with Gasteiger partial charge in [-0.3, -0.25) is 23.7 Å². The van der Waals surface area contributed by atoms with Crippen molar-refractivity contribution >= 4 is 55.0 Å². The molecule has 0 atom stereocenters. The van der Waals surface area contributed by atoms with Crippen molar-refractivity contribution in [2.45, 2.75) is 105 Å². The molecule has 23 heteroatoms. The van der Waals surface area contributed by atoms with Gasteiger partial charge in [-0.15, -0.1) is 0 Å². The van der Waals surface area contributed by atoms with Gasteiger partial charge in [-0.25, -0.2) is 21.6 Å². The van der Waals surface area contributed by atoms with Crippen molar-refractivity contribution in [2.75, 3.05) is 79.0 Å². The van der Waals surface area contributed by atoms with Crippen LogP contribution >= 0.6 is 11.6 Å². The van der Waals surface area contributed by atoms with Gasteiger partial charge in [-0.2, -0.15) is 10.2 Å². The summed E-state index contributed by atoms with van der Waals surface area (Å²) in [6.07, 6.45) is 2.75. The van der Waals surface area contributed by atoms with E-state index < -0.39 is 44.6 Å². The normalized spacial score (nSPS) is 23.7. The van der Waals surface area contributed by atoms with Crippen LogP contribution in [0.3, 0.4) is 0 Å². The van der Waals surface area contributed by atoms with Crippen LogP contribution < -0.4 is 5.32 Å². The standard InChI is InChI=1S/C26H33ClN4O6S.C19H27N3O7S/c1-25(2)17-37-14-13-36-12-11-31-22-20(7-10-30(24(22)33)16-26(8-9-26)38(25,34)35)21(29-31)23(32)28-15-18-3-5-19(27)6-4-18;1-18(2)12-29-10-9-28-8-7-22-15-13(14(20-22)17(24)25)3-6-21(16(15)23)11-19(4-5-19)30(18,26)27/h3-6H,7-17H2,1-2H3,(H,28,32);3-12H2,1-2H3,(H,24,25). The number of carboxylic acid groups (broad SMARTS) is 1. The number of aromatic carboxylic acids is 1. The second-order valence-corrected chi connectivity index (χ2v) is 26.0. The Morgan fingerprint density at radius 3 is 1.53 bits per heavy atom. The predicted octanol–water partition coefficient (Wildman–Crippen LogP) is 2.59. The van der Waals surface area contributed by atoms with Crippen molar-refractivity contribution in [1.82, 2.24) is 34.7 Å². The Kier molecular flexibility index (Phi) is 14.0. The minimum Gasteiger partial charge on any atom is -0.476 e. The summed E-state index contributed by atoms with van der Waals surface area (Å²) in [4.78, 5) is 54.9. The topological polar surface area (TPSA) is 248 Å². The molecular weight excluding hydrogens is 946 g/mol. The molecule has 372 valence electrons. The van der Waals surface area contributed by atoms with Crippen molar-refractivity contribution in [3.63, 3.8) is 0 Å². The van der Waals surface area contributed by atoms with Gasteiger partial charge in [0.2, 0.25) is 0 Å². The van der Waals surface area contributed by atoms with Gasteiger partial charge < -0.3 is 39.2 Å². The molecule has 0 saturated heterocycles. The Hall–Kier alpha value is -4.45. The van der Waals surface area contributed by atoms with Crippen LogP contribution in [0.5, 0.6) is 0 Å². The molecule has 20 nitrogen and oxygen atoms in total. The second-order valence-electron chi connectivity index (χ2n) is 19.6. The van der Waals surface area contributed by atoms with Crippen LogP contribution in [0.25, 0.3) is 0 Å². The first kappa shape index (κ1) is 50.0. The number of carbonyl (C=O) groups is 4. The Balaban J connectivity index is 0.000000189. The second kappa shape index (κ2) is 19.0. The Labute approximate surface area is 400 Å². The molecule has 2 saturated carbocycles. The number of nitrogens with one attached hydrogen (secondary N) is 1. The minimum absolute atomic E-state index is 0.0576. The third-order valence-electron chi connectivity index (χ3n) is 13.8. The van der Waals surface area contributed by atoms with Gasteiger partial charge in [0.15, 0.2) is 31.1 Å². The maximum Gasteiger partial charge on any atom is 0.356 e. The van der Waals surface area contributed by atoms with Crippen LogP contribution in [0.15, 0.2) is 24.3 Å². The summed E-state index contributed by atoms with van der Waals surface area (Å²) in [6.45, 7) is 9.94. The fraction of sp³-hybridized carbons (Fsp3) is 0.644. The molecule has 3 amide bonds. The van der Waals surface area contributed by atoms with Crippen molar-refractivity contribution in [3.8, 4) is 0 Å². The maximum absolute atomic E-state index is 13.7. The number of rotatable bonds is 4. The highest BCUT2D eigenvalue weighted by molar-refractivity contribution is 7.94. The highest BCUT2D eigenvalue weighted by Gasteiger charge is 2.62. The molecule has 2 aliphatic carbocycles. The van der Waals surface area contributed by atoms with Gasteiger partial charge in [-0.1, -0.05) is 23.7 Å². The van der Waals surface area contributed by atoms with Crippen LogP contribution in [-0.4, -0.2) is 173 Å². The molecule has 4 aliphatic heterocycles. The van der Waals surface area contributed by atoms with Gasteiger partial charge in [0, 0.05) is 48.9 Å². The third kappa shape index (κ3) is 9.45. The fourth-order valence-electron chi connectivity index (χ4n) is 9.50. The molecule has 2 N–H and O–H groups in total. The summed E-state index contributed by atoms with van der Waals surface area (Å²) in [6, 6.07) is 7.17. The van der Waals surface area contributed by atoms with Gasteiger partial charge in [-0.05, 0) is 83.9 Å². The molecule has 0 unspecified atom stereocenters. The molecule has 3 aromatic rings. The van der Waals surface area contributed by atoms with E-state index in [1.54, 1.807) is 44.7 Å². The number of halogens is 1. The average Bonchev–Trinajstić information content (AvgIpc) is 4.19. The molecule has 4 bridgehead atoms. The lowest BCUT2D eigenvalue weighted by molar-refractivity contribution is 0.0373. The van der Waals surface area contributed by atoms with Crippen molar-refractivity contribution in [1.29, 1.82) is 0 Å². The molecular formula is C45H60ClN7O13S2. The van der Waals surface area contributed by atoms with E-state index in [9.17, 15) is 41.1 Å². The van der Waals surface area contributed by atoms with E-state index in [-0.39, 0.29) is 127 Å². The summed E-state index contributed by atoms with van der Waals surface area (Å²) in [5.41, 5.74) is 2.51. The van der Waals surface area contributed by atoms with E-state index in [0.29, 0.717) is 66.9 Å². The summed E-state index contributed by atoms with van der Waals surface area (Å²) >= 11 is 5.95. The first-order chi connectivity index (χ1) is 32.1. The zero-order chi connectivity index (χ0) is 48.9. The number of hydrogen-bond acceptors (Lipinski definition) is 14. The lowest BCUT2D eigenvalue weighted by Crippen LogP contribution is -2.52. The molecule has 2 fully saturated rings. The van der Waals surface area contributed by atoms with Gasteiger partial charge in [0.05, 0.1) is 84.9 Å². The number of sulfone groups is 2. The summed E-state index contributed by atoms with van der Waals surface area (Å²) in [5.74, 6) is -2.23. The van der Waals surface area contributed by atoms with E-state index in [4.69, 9.17) is 30.5 Å². The number of fused-ring (bicyclic) bond motifs is 2. The number of amides is 3. The van der Waals surface area contributed by atoms with Crippen molar-refractivity contribution in [2.24, 2.45) is 0 Å². The SMILES string of the molecule is CC1(C)COCCOCCn2nc(C(=O)NCc3ccc(Cl)cc3)c3c2C(=O)N(CC3)CC2(CC2)S1(=O)=O.CC1(C)COCCOCCn2nc(C(=O)O)c3c2C(=O)N(CC3)CC2(CC2)S1(=O)=O. The summed E-state index contributed by atoms with van der Waals surface area (Å²) < 4.78 is 75.5. The van der Waals surface area contributed by atoms with Gasteiger partial charge in [0.1, 0.15) is 11.4 Å². The quantitative estimate of drug-likeness (QED) is 0.382. The molecule has 68 heavy (non-hydrogen) atoms. The lowest BCUT2D eigenvalue weighted by Gasteiger charge is -2.35. The Bertz CT molecular complexity index is 2670. The fourth-order valence-corrected chi connectivity index (χ4v) is 14.4. The molecule has 6 heterocycles. The number of hydrogen-bond donors (Lipinski definition) is 2. The molecule has 9 rings (SSSR count). The molecule has 2 aromatic heterocycles. The number of benzene rings is 1. The van der Waals surface area contributed by atoms with E-state index >= 15 is 0 Å². The van der Waals surface area contributed by atoms with Crippen LogP contribution in [0, 0.1) is 0 Å². The smallest absolute Gasteiger partial charge is 0.356 e. The summed E-state index contributed by atoms with van der Waals surface area (Å²) in [5, 5.41) is 21.6. The van der Waals surface area contributed by atoms with Crippen LogP contribution in [0.4, 0.5) is 0 Å². The van der Waals surface area contributed by atoms with Gasteiger partial charge in [0.25, 0.3) is 17.7 Å². The predicted molar refractivity (Wildman–Crippen MR) is 246 cm³/mol. The largest absolute Gasteiger partial charge is 0.476 e. The molecule has 1 aromatic carbocycles. The minimum atomic E-state index is -3.61. The summed E-state index contributed by atoms with van der Waals surface area (Å²) in [7, 11) is -7.20. The molecule has 6 aliphatic rings.